The third-order valence-corrected chi connectivity index (χ3v) is 7.90. The summed E-state index contributed by atoms with van der Waals surface area (Å²) in [6, 6.07) is 36.5. The molecule has 0 fully saturated rings. The molecule has 0 bridgehead atoms. The molecule has 0 N–H and O–H groups in total. The molecule has 0 spiro atoms. The minimum absolute atomic E-state index is 0.749. The summed E-state index contributed by atoms with van der Waals surface area (Å²) in [6.45, 7) is 0. The van der Waals surface area contributed by atoms with Crippen LogP contribution in [0.15, 0.2) is 134 Å². The first kappa shape index (κ1) is 24.3. The third kappa shape index (κ3) is 3.71. The molecule has 0 radical (unpaired) electrons. The molecule has 8 heteroatoms. The fourth-order valence-corrected chi connectivity index (χ4v) is 6.03. The van der Waals surface area contributed by atoms with Crippen molar-refractivity contribution in [1.82, 2.24) is 39.0 Å². The highest BCUT2D eigenvalue weighted by Gasteiger charge is 2.21. The predicted octanol–water partition coefficient (Wildman–Crippen LogP) is 7.58. The van der Waals surface area contributed by atoms with Gasteiger partial charge in [-0.25, -0.2) is 9.97 Å². The predicted molar refractivity (Wildman–Crippen MR) is 173 cm³/mol. The number of nitrogens with zero attached hydrogens (tertiary/aromatic N) is 8. The molecule has 8 aromatic heterocycles. The Morgan fingerprint density at radius 3 is 1.41 bits per heavy atom. The number of aromatic nitrogens is 8. The van der Waals surface area contributed by atoms with Crippen LogP contribution in [0.3, 0.4) is 0 Å². The molecule has 0 saturated carbocycles. The van der Waals surface area contributed by atoms with Gasteiger partial charge in [0.25, 0.3) is 0 Å². The topological polar surface area (TPSA) is 87.2 Å². The Morgan fingerprint density at radius 2 is 0.864 bits per heavy atom. The fraction of sp³-hybridized carbons (Fsp3) is 0. The Kier molecular flexibility index (Phi) is 5.33. The SMILES string of the molecule is c1ccc(-n2c3cccnc3c3nc4c5ncccc5n(-c5cc(-c6ccccn6)nc(-c6ccccn6)c5)c4cc32)cc1. The van der Waals surface area contributed by atoms with Gasteiger partial charge in [0.05, 0.1) is 50.5 Å². The molecule has 8 heterocycles. The molecule has 0 atom stereocenters. The maximum atomic E-state index is 5.28. The van der Waals surface area contributed by atoms with Gasteiger partial charge < -0.3 is 9.13 Å². The van der Waals surface area contributed by atoms with Crippen molar-refractivity contribution in [2.24, 2.45) is 0 Å². The van der Waals surface area contributed by atoms with Gasteiger partial charge in [-0.15, -0.1) is 0 Å². The van der Waals surface area contributed by atoms with Crippen LogP contribution in [0, 0.1) is 0 Å². The summed E-state index contributed by atoms with van der Waals surface area (Å²) in [5.41, 5.74) is 12.1. The number of para-hydroxylation sites is 1. The first-order chi connectivity index (χ1) is 21.8. The molecule has 0 amide bonds. The van der Waals surface area contributed by atoms with E-state index in [9.17, 15) is 0 Å². The van der Waals surface area contributed by atoms with Crippen molar-refractivity contribution in [2.75, 3.05) is 0 Å². The molecule has 0 aliphatic rings. The quantitative estimate of drug-likeness (QED) is 0.218. The van der Waals surface area contributed by atoms with Crippen molar-refractivity contribution >= 4 is 44.1 Å². The molecular formula is C36H22N8. The second-order valence-electron chi connectivity index (χ2n) is 10.5. The summed E-state index contributed by atoms with van der Waals surface area (Å²) in [4.78, 5) is 29.1. The van der Waals surface area contributed by atoms with Crippen LogP contribution < -0.4 is 0 Å². The smallest absolute Gasteiger partial charge is 0.116 e. The zero-order chi connectivity index (χ0) is 29.0. The minimum Gasteiger partial charge on any atom is -0.306 e. The molecule has 206 valence electrons. The van der Waals surface area contributed by atoms with E-state index in [4.69, 9.17) is 19.9 Å². The van der Waals surface area contributed by atoms with E-state index < -0.39 is 0 Å². The number of benzene rings is 1. The lowest BCUT2D eigenvalue weighted by atomic mass is 10.1. The van der Waals surface area contributed by atoms with E-state index in [0.717, 1.165) is 78.3 Å². The van der Waals surface area contributed by atoms with E-state index in [-0.39, 0.29) is 0 Å². The average Bonchev–Trinajstić information content (AvgIpc) is 3.60. The van der Waals surface area contributed by atoms with Gasteiger partial charge in [0, 0.05) is 30.5 Å². The Balaban J connectivity index is 1.41. The van der Waals surface area contributed by atoms with E-state index in [0.29, 0.717) is 0 Å². The molecule has 9 aromatic rings. The standard InChI is InChI=1S/C36H22N8/c1-2-10-23(11-3-1)43-29-14-8-18-39-33(29)35-31(43)22-32-36(42-35)34-30(15-9-19-40-34)44(32)24-20-27(25-12-4-6-16-37-25)41-28(21-24)26-13-5-7-17-38-26/h1-22H. The maximum absolute atomic E-state index is 5.28. The van der Waals surface area contributed by atoms with Crippen molar-refractivity contribution in [3.63, 3.8) is 0 Å². The van der Waals surface area contributed by atoms with Crippen LogP contribution in [0.1, 0.15) is 0 Å². The highest BCUT2D eigenvalue weighted by atomic mass is 15.1. The number of hydrogen-bond donors (Lipinski definition) is 0. The Hall–Kier alpha value is -6.28. The van der Waals surface area contributed by atoms with Crippen LogP contribution in [0.25, 0.3) is 78.3 Å². The molecule has 44 heavy (non-hydrogen) atoms. The van der Waals surface area contributed by atoms with Crippen LogP contribution in [-0.4, -0.2) is 39.0 Å². The normalized spacial score (nSPS) is 11.6. The number of fused-ring (bicyclic) bond motifs is 6. The van der Waals surface area contributed by atoms with Crippen LogP contribution in [0.2, 0.25) is 0 Å². The first-order valence-corrected chi connectivity index (χ1v) is 14.3. The summed E-state index contributed by atoms with van der Waals surface area (Å²) < 4.78 is 4.44. The summed E-state index contributed by atoms with van der Waals surface area (Å²) in [7, 11) is 0. The first-order valence-electron chi connectivity index (χ1n) is 14.3. The van der Waals surface area contributed by atoms with Crippen LogP contribution in [0.5, 0.6) is 0 Å². The molecular weight excluding hydrogens is 544 g/mol. The second kappa shape index (κ2) is 9.64. The highest BCUT2D eigenvalue weighted by Crippen LogP contribution is 2.37. The van der Waals surface area contributed by atoms with E-state index >= 15 is 0 Å². The monoisotopic (exact) mass is 566 g/mol. The van der Waals surface area contributed by atoms with Crippen molar-refractivity contribution in [3.05, 3.63) is 134 Å². The molecule has 0 aliphatic carbocycles. The van der Waals surface area contributed by atoms with Gasteiger partial charge in [0.2, 0.25) is 0 Å². The number of pyridine rings is 6. The lowest BCUT2D eigenvalue weighted by Crippen LogP contribution is -2.00. The molecule has 0 saturated heterocycles. The molecule has 0 aliphatic heterocycles. The lowest BCUT2D eigenvalue weighted by molar-refractivity contribution is 1.13. The van der Waals surface area contributed by atoms with Gasteiger partial charge in [-0.1, -0.05) is 30.3 Å². The van der Waals surface area contributed by atoms with Gasteiger partial charge in [-0.3, -0.25) is 19.9 Å². The molecule has 8 nitrogen and oxygen atoms in total. The Labute approximate surface area is 251 Å². The van der Waals surface area contributed by atoms with E-state index in [2.05, 4.69) is 61.6 Å². The highest BCUT2D eigenvalue weighted by molar-refractivity contribution is 6.13. The number of rotatable bonds is 4. The Morgan fingerprint density at radius 1 is 0.341 bits per heavy atom. The fourth-order valence-electron chi connectivity index (χ4n) is 6.03. The third-order valence-electron chi connectivity index (χ3n) is 7.90. The summed E-state index contributed by atoms with van der Waals surface area (Å²) in [6.07, 6.45) is 7.20. The van der Waals surface area contributed by atoms with E-state index in [1.807, 2.05) is 79.1 Å². The van der Waals surface area contributed by atoms with Gasteiger partial charge in [0.15, 0.2) is 0 Å². The van der Waals surface area contributed by atoms with Gasteiger partial charge in [-0.05, 0) is 78.9 Å². The van der Waals surface area contributed by atoms with Crippen LogP contribution >= 0.6 is 0 Å². The second-order valence-corrected chi connectivity index (χ2v) is 10.5. The molecule has 9 rings (SSSR count). The van der Waals surface area contributed by atoms with E-state index in [1.165, 1.54) is 0 Å². The Bertz CT molecular complexity index is 2430. The van der Waals surface area contributed by atoms with Gasteiger partial charge >= 0.3 is 0 Å². The molecule has 0 unspecified atom stereocenters. The van der Waals surface area contributed by atoms with Gasteiger partial charge in [-0.2, -0.15) is 0 Å². The van der Waals surface area contributed by atoms with Gasteiger partial charge in [0.1, 0.15) is 22.1 Å². The van der Waals surface area contributed by atoms with E-state index in [1.54, 1.807) is 12.4 Å². The maximum Gasteiger partial charge on any atom is 0.116 e. The average molecular weight is 567 g/mol. The lowest BCUT2D eigenvalue weighted by Gasteiger charge is -2.12. The van der Waals surface area contributed by atoms with Crippen molar-refractivity contribution in [2.45, 2.75) is 0 Å². The van der Waals surface area contributed by atoms with Crippen molar-refractivity contribution < 1.29 is 0 Å². The largest absolute Gasteiger partial charge is 0.306 e. The zero-order valence-electron chi connectivity index (χ0n) is 23.3. The number of hydrogen-bond acceptors (Lipinski definition) is 6. The summed E-state index contributed by atoms with van der Waals surface area (Å²) in [5, 5.41) is 0. The van der Waals surface area contributed by atoms with Crippen LogP contribution in [-0.2, 0) is 0 Å². The van der Waals surface area contributed by atoms with Crippen molar-refractivity contribution in [3.8, 4) is 34.2 Å². The van der Waals surface area contributed by atoms with Crippen molar-refractivity contribution in [1.29, 1.82) is 0 Å². The summed E-state index contributed by atoms with van der Waals surface area (Å²) in [5.74, 6) is 0. The van der Waals surface area contributed by atoms with Crippen LogP contribution in [0.4, 0.5) is 0 Å². The zero-order valence-corrected chi connectivity index (χ0v) is 23.3. The summed E-state index contributed by atoms with van der Waals surface area (Å²) >= 11 is 0. The molecule has 1 aromatic carbocycles. The minimum atomic E-state index is 0.749.